The van der Waals surface area contributed by atoms with Gasteiger partial charge in [0.15, 0.2) is 11.5 Å². The summed E-state index contributed by atoms with van der Waals surface area (Å²) in [6, 6.07) is 8.87. The fraction of sp³-hybridized carbons (Fsp3) is 0.417. The molecule has 0 aliphatic carbocycles. The van der Waals surface area contributed by atoms with E-state index in [1.165, 1.54) is 6.42 Å². The van der Waals surface area contributed by atoms with Gasteiger partial charge >= 0.3 is 0 Å². The Bertz CT molecular complexity index is 970. The molecule has 3 N–H and O–H groups in total. The van der Waals surface area contributed by atoms with Gasteiger partial charge < -0.3 is 30.2 Å². The molecule has 3 rings (SSSR count). The molecular weight excluding hydrogens is 410 g/mol. The number of nitrogens with one attached hydrogen (secondary N) is 1. The third-order valence-electron chi connectivity index (χ3n) is 5.66. The number of piperidine rings is 1. The van der Waals surface area contributed by atoms with E-state index in [2.05, 4.69) is 10.2 Å². The van der Waals surface area contributed by atoms with Gasteiger partial charge in [0.2, 0.25) is 17.6 Å². The zero-order valence-corrected chi connectivity index (χ0v) is 18.9. The molecule has 0 radical (unpaired) electrons. The van der Waals surface area contributed by atoms with Gasteiger partial charge in [0, 0.05) is 25.1 Å². The smallest absolute Gasteiger partial charge is 0.248 e. The van der Waals surface area contributed by atoms with Crippen LogP contribution in [0.3, 0.4) is 0 Å². The lowest BCUT2D eigenvalue weighted by Crippen LogP contribution is -2.30. The normalized spacial score (nSPS) is 13.4. The van der Waals surface area contributed by atoms with Crippen molar-refractivity contribution in [1.29, 1.82) is 0 Å². The number of nitrogens with zero attached hydrogens (tertiary/aromatic N) is 1. The van der Waals surface area contributed by atoms with Crippen LogP contribution in [0.1, 0.15) is 41.6 Å². The monoisotopic (exact) mass is 441 g/mol. The number of carbonyl (C=O) groups excluding carboxylic acids is 2. The molecule has 32 heavy (non-hydrogen) atoms. The van der Waals surface area contributed by atoms with E-state index >= 15 is 0 Å². The molecule has 1 heterocycles. The van der Waals surface area contributed by atoms with E-state index in [0.29, 0.717) is 34.9 Å². The van der Waals surface area contributed by atoms with Gasteiger partial charge in [-0.05, 0) is 55.5 Å². The van der Waals surface area contributed by atoms with Crippen LogP contribution in [0.15, 0.2) is 30.3 Å². The number of ether oxygens (including phenoxy) is 3. The minimum absolute atomic E-state index is 0.165. The molecule has 1 aliphatic rings. The van der Waals surface area contributed by atoms with Crippen LogP contribution in [0.4, 0.5) is 11.4 Å². The molecule has 0 saturated carbocycles. The van der Waals surface area contributed by atoms with Gasteiger partial charge in [0.1, 0.15) is 0 Å². The highest BCUT2D eigenvalue weighted by Gasteiger charge is 2.19. The van der Waals surface area contributed by atoms with Crippen molar-refractivity contribution in [2.45, 2.75) is 32.1 Å². The average molecular weight is 442 g/mol. The van der Waals surface area contributed by atoms with E-state index in [-0.39, 0.29) is 12.3 Å². The minimum Gasteiger partial charge on any atom is -0.493 e. The molecule has 0 aromatic heterocycles. The van der Waals surface area contributed by atoms with E-state index in [1.807, 2.05) is 12.1 Å². The van der Waals surface area contributed by atoms with Crippen LogP contribution < -0.4 is 30.2 Å². The number of hydrogen-bond donors (Lipinski definition) is 2. The van der Waals surface area contributed by atoms with Crippen LogP contribution in [-0.4, -0.2) is 46.2 Å². The van der Waals surface area contributed by atoms with Gasteiger partial charge in [-0.15, -0.1) is 0 Å². The summed E-state index contributed by atoms with van der Waals surface area (Å²) in [5.74, 6) is 0.910. The Hall–Kier alpha value is -3.42. The van der Waals surface area contributed by atoms with E-state index in [9.17, 15) is 9.59 Å². The Kier molecular flexibility index (Phi) is 7.81. The zero-order valence-electron chi connectivity index (χ0n) is 18.9. The Balaban J connectivity index is 1.77. The molecule has 8 nitrogen and oxygen atoms in total. The SMILES string of the molecule is COc1ccc(CCC(=O)Nc2cc(C(N)=O)ccc2N2CCCCC2)c(OC)c1OC. The second-order valence-corrected chi connectivity index (χ2v) is 7.69. The molecule has 2 aromatic carbocycles. The quantitative estimate of drug-likeness (QED) is 0.618. The van der Waals surface area contributed by atoms with Crippen molar-refractivity contribution in [1.82, 2.24) is 0 Å². The fourth-order valence-electron chi connectivity index (χ4n) is 4.02. The van der Waals surface area contributed by atoms with Gasteiger partial charge in [-0.3, -0.25) is 9.59 Å². The van der Waals surface area contributed by atoms with Gasteiger partial charge in [-0.1, -0.05) is 6.07 Å². The van der Waals surface area contributed by atoms with Gasteiger partial charge in [0.25, 0.3) is 0 Å². The first-order valence-corrected chi connectivity index (χ1v) is 10.7. The molecule has 8 heteroatoms. The third-order valence-corrected chi connectivity index (χ3v) is 5.66. The largest absolute Gasteiger partial charge is 0.493 e. The summed E-state index contributed by atoms with van der Waals surface area (Å²) in [5, 5.41) is 2.98. The van der Waals surface area contributed by atoms with E-state index in [1.54, 1.807) is 39.5 Å². The average Bonchev–Trinajstić information content (AvgIpc) is 2.82. The Morgan fingerprint density at radius 1 is 0.969 bits per heavy atom. The van der Waals surface area contributed by atoms with Crippen molar-refractivity contribution in [2.75, 3.05) is 44.6 Å². The molecule has 2 amide bonds. The molecule has 1 fully saturated rings. The number of hydrogen-bond acceptors (Lipinski definition) is 6. The summed E-state index contributed by atoms with van der Waals surface area (Å²) < 4.78 is 16.2. The topological polar surface area (TPSA) is 103 Å². The summed E-state index contributed by atoms with van der Waals surface area (Å²) in [5.41, 5.74) is 8.17. The number of amides is 2. The summed E-state index contributed by atoms with van der Waals surface area (Å²) in [7, 11) is 4.66. The predicted octanol–water partition coefficient (Wildman–Crippen LogP) is 3.37. The first-order chi connectivity index (χ1) is 15.5. The van der Waals surface area contributed by atoms with Crippen molar-refractivity contribution < 1.29 is 23.8 Å². The number of primary amides is 1. The lowest BCUT2D eigenvalue weighted by Gasteiger charge is -2.30. The summed E-state index contributed by atoms with van der Waals surface area (Å²) in [6.07, 6.45) is 4.08. The maximum Gasteiger partial charge on any atom is 0.248 e. The lowest BCUT2D eigenvalue weighted by atomic mass is 10.1. The van der Waals surface area contributed by atoms with Crippen LogP contribution >= 0.6 is 0 Å². The van der Waals surface area contributed by atoms with Crippen molar-refractivity contribution in [2.24, 2.45) is 5.73 Å². The molecule has 1 aliphatic heterocycles. The van der Waals surface area contributed by atoms with Crippen LogP contribution in [0.5, 0.6) is 17.2 Å². The number of methoxy groups -OCH3 is 3. The van der Waals surface area contributed by atoms with Crippen LogP contribution in [-0.2, 0) is 11.2 Å². The summed E-state index contributed by atoms with van der Waals surface area (Å²) >= 11 is 0. The third kappa shape index (κ3) is 5.25. The second kappa shape index (κ2) is 10.7. The Morgan fingerprint density at radius 2 is 1.69 bits per heavy atom. The molecule has 0 bridgehead atoms. The maximum atomic E-state index is 12.8. The van der Waals surface area contributed by atoms with Crippen molar-refractivity contribution >= 4 is 23.2 Å². The number of carbonyl (C=O) groups is 2. The number of aryl methyl sites for hydroxylation is 1. The van der Waals surface area contributed by atoms with Gasteiger partial charge in [-0.25, -0.2) is 0 Å². The minimum atomic E-state index is -0.527. The molecule has 1 saturated heterocycles. The van der Waals surface area contributed by atoms with Crippen LogP contribution in [0.25, 0.3) is 0 Å². The number of anilines is 2. The zero-order chi connectivity index (χ0) is 23.1. The Labute approximate surface area is 188 Å². The second-order valence-electron chi connectivity index (χ2n) is 7.69. The molecule has 0 atom stereocenters. The van der Waals surface area contributed by atoms with E-state index in [0.717, 1.165) is 37.2 Å². The molecule has 0 spiro atoms. The molecule has 0 unspecified atom stereocenters. The van der Waals surface area contributed by atoms with E-state index < -0.39 is 5.91 Å². The van der Waals surface area contributed by atoms with Crippen molar-refractivity contribution in [3.8, 4) is 17.2 Å². The number of rotatable bonds is 9. The van der Waals surface area contributed by atoms with Crippen LogP contribution in [0, 0.1) is 0 Å². The van der Waals surface area contributed by atoms with E-state index in [4.69, 9.17) is 19.9 Å². The number of benzene rings is 2. The highest BCUT2D eigenvalue weighted by molar-refractivity contribution is 5.99. The highest BCUT2D eigenvalue weighted by Crippen LogP contribution is 2.40. The molecule has 172 valence electrons. The lowest BCUT2D eigenvalue weighted by molar-refractivity contribution is -0.116. The fourth-order valence-corrected chi connectivity index (χ4v) is 4.02. The Morgan fingerprint density at radius 3 is 2.31 bits per heavy atom. The summed E-state index contributed by atoms with van der Waals surface area (Å²) in [6.45, 7) is 1.84. The molecular formula is C24H31N3O5. The van der Waals surface area contributed by atoms with Crippen LogP contribution in [0.2, 0.25) is 0 Å². The maximum absolute atomic E-state index is 12.8. The summed E-state index contributed by atoms with van der Waals surface area (Å²) in [4.78, 5) is 26.8. The highest BCUT2D eigenvalue weighted by atomic mass is 16.5. The van der Waals surface area contributed by atoms with Gasteiger partial charge in [-0.2, -0.15) is 0 Å². The van der Waals surface area contributed by atoms with Crippen molar-refractivity contribution in [3.63, 3.8) is 0 Å². The molecule has 2 aromatic rings. The predicted molar refractivity (Wildman–Crippen MR) is 124 cm³/mol. The first-order valence-electron chi connectivity index (χ1n) is 10.7. The van der Waals surface area contributed by atoms with Crippen molar-refractivity contribution in [3.05, 3.63) is 41.5 Å². The standard InChI is InChI=1S/C24H31N3O5/c1-30-20-11-8-16(22(31-2)23(20)32-3)9-12-21(28)26-18-15-17(24(25)29)7-10-19(18)27-13-5-4-6-14-27/h7-8,10-11,15H,4-6,9,12-14H2,1-3H3,(H2,25,29)(H,26,28). The first kappa shape index (κ1) is 23.2. The number of nitrogens with two attached hydrogens (primary N) is 1. The van der Waals surface area contributed by atoms with Gasteiger partial charge in [0.05, 0.1) is 32.7 Å².